The molecule has 158 valence electrons. The Morgan fingerprint density at radius 2 is 1.84 bits per heavy atom. The molecule has 1 aliphatic heterocycles. The van der Waals surface area contributed by atoms with Gasteiger partial charge in [-0.15, -0.1) is 0 Å². The quantitative estimate of drug-likeness (QED) is 0.653. The molecule has 1 saturated carbocycles. The summed E-state index contributed by atoms with van der Waals surface area (Å²) < 4.78 is 0. The second-order valence-electron chi connectivity index (χ2n) is 8.97. The van der Waals surface area contributed by atoms with Gasteiger partial charge in [0.15, 0.2) is 0 Å². The highest BCUT2D eigenvalue weighted by molar-refractivity contribution is 5.94. The molecule has 5 rings (SSSR count). The van der Waals surface area contributed by atoms with Crippen molar-refractivity contribution < 1.29 is 4.79 Å². The van der Waals surface area contributed by atoms with Crippen molar-refractivity contribution in [2.45, 2.75) is 44.8 Å². The van der Waals surface area contributed by atoms with Crippen molar-refractivity contribution in [1.29, 1.82) is 0 Å². The third-order valence-electron chi connectivity index (χ3n) is 6.88. The van der Waals surface area contributed by atoms with Crippen LogP contribution in [-0.4, -0.2) is 34.4 Å². The van der Waals surface area contributed by atoms with E-state index in [2.05, 4.69) is 69.8 Å². The summed E-state index contributed by atoms with van der Waals surface area (Å²) in [5.74, 6) is 0.551. The van der Waals surface area contributed by atoms with Crippen LogP contribution in [0.25, 0.3) is 11.1 Å². The molecule has 3 atom stereocenters. The predicted molar refractivity (Wildman–Crippen MR) is 124 cm³/mol. The lowest BCUT2D eigenvalue weighted by atomic mass is 9.99. The van der Waals surface area contributed by atoms with Gasteiger partial charge in [0.2, 0.25) is 0 Å². The Kier molecular flexibility index (Phi) is 5.56. The largest absolute Gasteiger partial charge is 0.349 e. The number of fused-ring (bicyclic) bond motifs is 1. The number of aromatic nitrogens is 1. The SMILES string of the molecule is Cc1cncc(C(=O)N[C@H]2CC[C@@H]3[C@H]2CCN3Cc2cccc(-c3ccccc3)c2)c1. The topological polar surface area (TPSA) is 45.2 Å². The number of hydrogen-bond acceptors (Lipinski definition) is 3. The smallest absolute Gasteiger partial charge is 0.253 e. The number of rotatable bonds is 5. The number of nitrogens with zero attached hydrogens (tertiary/aromatic N) is 2. The first-order valence-electron chi connectivity index (χ1n) is 11.3. The number of benzene rings is 2. The van der Waals surface area contributed by atoms with Crippen LogP contribution in [-0.2, 0) is 6.54 Å². The Morgan fingerprint density at radius 3 is 2.68 bits per heavy atom. The molecule has 2 heterocycles. The molecule has 4 nitrogen and oxygen atoms in total. The van der Waals surface area contributed by atoms with Gasteiger partial charge in [0.05, 0.1) is 5.56 Å². The molecule has 0 spiro atoms. The van der Waals surface area contributed by atoms with Gasteiger partial charge in [-0.3, -0.25) is 14.7 Å². The summed E-state index contributed by atoms with van der Waals surface area (Å²) >= 11 is 0. The number of carbonyl (C=O) groups excluding carboxylic acids is 1. The molecule has 1 aliphatic carbocycles. The maximum Gasteiger partial charge on any atom is 0.253 e. The lowest BCUT2D eigenvalue weighted by Crippen LogP contribution is -2.39. The lowest BCUT2D eigenvalue weighted by molar-refractivity contribution is 0.0926. The molecule has 2 fully saturated rings. The Bertz CT molecular complexity index is 1060. The van der Waals surface area contributed by atoms with E-state index in [0.717, 1.165) is 37.9 Å². The van der Waals surface area contributed by atoms with Crippen LogP contribution in [0.2, 0.25) is 0 Å². The molecular weight excluding hydrogens is 382 g/mol. The van der Waals surface area contributed by atoms with E-state index in [4.69, 9.17) is 0 Å². The summed E-state index contributed by atoms with van der Waals surface area (Å²) in [6.45, 7) is 4.05. The van der Waals surface area contributed by atoms with Crippen LogP contribution in [0.15, 0.2) is 73.1 Å². The summed E-state index contributed by atoms with van der Waals surface area (Å²) in [4.78, 5) is 19.5. The van der Waals surface area contributed by atoms with Crippen molar-refractivity contribution >= 4 is 5.91 Å². The fourth-order valence-corrected chi connectivity index (χ4v) is 5.40. The summed E-state index contributed by atoms with van der Waals surface area (Å²) in [7, 11) is 0. The molecule has 1 amide bonds. The molecule has 2 aliphatic rings. The molecule has 1 aromatic heterocycles. The van der Waals surface area contributed by atoms with Crippen molar-refractivity contribution in [3.63, 3.8) is 0 Å². The summed E-state index contributed by atoms with van der Waals surface area (Å²) in [5, 5.41) is 3.30. The number of pyridine rings is 1. The van der Waals surface area contributed by atoms with Crippen LogP contribution in [0.1, 0.15) is 40.7 Å². The fraction of sp³-hybridized carbons (Fsp3) is 0.333. The normalized spacial score (nSPS) is 22.9. The van der Waals surface area contributed by atoms with E-state index in [1.807, 2.05) is 13.0 Å². The van der Waals surface area contributed by atoms with Gasteiger partial charge >= 0.3 is 0 Å². The van der Waals surface area contributed by atoms with E-state index >= 15 is 0 Å². The van der Waals surface area contributed by atoms with E-state index in [1.165, 1.54) is 16.7 Å². The minimum absolute atomic E-state index is 0.0101. The number of amides is 1. The van der Waals surface area contributed by atoms with Gasteiger partial charge in [0.1, 0.15) is 0 Å². The molecule has 4 heteroatoms. The molecule has 0 bridgehead atoms. The van der Waals surface area contributed by atoms with Gasteiger partial charge < -0.3 is 5.32 Å². The summed E-state index contributed by atoms with van der Waals surface area (Å²) in [6.07, 6.45) is 6.81. The number of nitrogens with one attached hydrogen (secondary N) is 1. The Morgan fingerprint density at radius 1 is 1.00 bits per heavy atom. The van der Waals surface area contributed by atoms with E-state index in [-0.39, 0.29) is 11.9 Å². The minimum Gasteiger partial charge on any atom is -0.349 e. The second kappa shape index (κ2) is 8.64. The van der Waals surface area contributed by atoms with Gasteiger partial charge in [0.25, 0.3) is 5.91 Å². The van der Waals surface area contributed by atoms with E-state index in [0.29, 0.717) is 17.5 Å². The number of aryl methyl sites for hydroxylation is 1. The molecule has 31 heavy (non-hydrogen) atoms. The van der Waals surface area contributed by atoms with Gasteiger partial charge in [-0.25, -0.2) is 0 Å². The maximum atomic E-state index is 12.7. The number of hydrogen-bond donors (Lipinski definition) is 1. The maximum absolute atomic E-state index is 12.7. The molecule has 0 unspecified atom stereocenters. The summed E-state index contributed by atoms with van der Waals surface area (Å²) in [5.41, 5.74) is 5.58. The first-order valence-corrected chi connectivity index (χ1v) is 11.3. The van der Waals surface area contributed by atoms with Crippen molar-refractivity contribution in [1.82, 2.24) is 15.2 Å². The Labute approximate surface area is 184 Å². The zero-order valence-corrected chi connectivity index (χ0v) is 18.0. The van der Waals surface area contributed by atoms with E-state index in [1.54, 1.807) is 12.4 Å². The molecule has 0 radical (unpaired) electrons. The van der Waals surface area contributed by atoms with Crippen molar-refractivity contribution in [2.24, 2.45) is 5.92 Å². The zero-order valence-electron chi connectivity index (χ0n) is 18.0. The first-order chi connectivity index (χ1) is 15.2. The Hall–Kier alpha value is -2.98. The average Bonchev–Trinajstić information content (AvgIpc) is 3.38. The summed E-state index contributed by atoms with van der Waals surface area (Å²) in [6, 6.07) is 22.2. The first kappa shape index (κ1) is 20.0. The third-order valence-corrected chi connectivity index (χ3v) is 6.88. The third kappa shape index (κ3) is 4.26. The van der Waals surface area contributed by atoms with Crippen molar-refractivity contribution in [3.05, 3.63) is 89.7 Å². The van der Waals surface area contributed by atoms with Crippen LogP contribution in [0.4, 0.5) is 0 Å². The number of likely N-dealkylation sites (tertiary alicyclic amines) is 1. The fourth-order valence-electron chi connectivity index (χ4n) is 5.40. The predicted octanol–water partition coefficient (Wildman–Crippen LogP) is 4.84. The monoisotopic (exact) mass is 411 g/mol. The van der Waals surface area contributed by atoms with Crippen LogP contribution in [0.3, 0.4) is 0 Å². The molecule has 1 N–H and O–H groups in total. The average molecular weight is 412 g/mol. The highest BCUT2D eigenvalue weighted by Crippen LogP contribution is 2.39. The second-order valence-corrected chi connectivity index (χ2v) is 8.97. The highest BCUT2D eigenvalue weighted by atomic mass is 16.1. The highest BCUT2D eigenvalue weighted by Gasteiger charge is 2.44. The molecule has 2 aromatic carbocycles. The molecule has 1 saturated heterocycles. The zero-order chi connectivity index (χ0) is 21.2. The van der Waals surface area contributed by atoms with Gasteiger partial charge in [-0.2, -0.15) is 0 Å². The van der Waals surface area contributed by atoms with E-state index < -0.39 is 0 Å². The van der Waals surface area contributed by atoms with Crippen molar-refractivity contribution in [3.8, 4) is 11.1 Å². The molecule has 3 aromatic rings. The van der Waals surface area contributed by atoms with E-state index in [9.17, 15) is 4.79 Å². The van der Waals surface area contributed by atoms with Gasteiger partial charge in [-0.1, -0.05) is 48.5 Å². The Balaban J connectivity index is 1.24. The van der Waals surface area contributed by atoms with Crippen molar-refractivity contribution in [2.75, 3.05) is 6.54 Å². The van der Waals surface area contributed by atoms with Crippen LogP contribution < -0.4 is 5.32 Å². The minimum atomic E-state index is 0.0101. The molecular formula is C27H29N3O. The lowest BCUT2D eigenvalue weighted by Gasteiger charge is -2.25. The van der Waals surface area contributed by atoms with Crippen LogP contribution in [0.5, 0.6) is 0 Å². The van der Waals surface area contributed by atoms with Gasteiger partial charge in [0, 0.05) is 31.0 Å². The number of carbonyl (C=O) groups is 1. The standard InChI is InChI=1S/C27H29N3O/c1-19-14-23(17-28-16-19)27(31)29-25-10-11-26-24(25)12-13-30(26)18-20-6-5-9-22(15-20)21-7-3-2-4-8-21/h2-9,14-17,24-26H,10-13,18H2,1H3,(H,29,31)/t24-,25-,26+/m0/s1. The van der Waals surface area contributed by atoms with Crippen LogP contribution in [0, 0.1) is 12.8 Å². The van der Waals surface area contributed by atoms with Gasteiger partial charge in [-0.05, 0) is 73.0 Å². The van der Waals surface area contributed by atoms with Crippen LogP contribution >= 0.6 is 0 Å².